The molecular formula is C15H15N3O. The Morgan fingerprint density at radius 1 is 1.32 bits per heavy atom. The quantitative estimate of drug-likeness (QED) is 0.833. The highest BCUT2D eigenvalue weighted by Crippen LogP contribution is 1.98. The fourth-order valence-electron chi connectivity index (χ4n) is 2.14. The minimum atomic E-state index is -0.0955. The lowest BCUT2D eigenvalue weighted by atomic mass is 10.2. The number of nitrogens with zero attached hydrogens (tertiary/aromatic N) is 1. The number of aromatic amines is 1. The summed E-state index contributed by atoms with van der Waals surface area (Å²) >= 11 is 0. The molecule has 2 N–H and O–H groups in total. The third-order valence-corrected chi connectivity index (χ3v) is 3.13. The molecule has 1 aliphatic rings. The molecule has 3 rings (SSSR count). The molecule has 2 heterocycles. The Hall–Kier alpha value is -2.36. The average molecular weight is 253 g/mol. The first-order chi connectivity index (χ1) is 9.33. The fourth-order valence-corrected chi connectivity index (χ4v) is 2.14. The molecule has 0 fully saturated rings. The van der Waals surface area contributed by atoms with Gasteiger partial charge in [0.25, 0.3) is 5.91 Å². The van der Waals surface area contributed by atoms with Crippen molar-refractivity contribution in [1.29, 1.82) is 0 Å². The van der Waals surface area contributed by atoms with Gasteiger partial charge < -0.3 is 10.3 Å². The lowest BCUT2D eigenvalue weighted by molar-refractivity contribution is 0.0946. The van der Waals surface area contributed by atoms with Gasteiger partial charge in [0.05, 0.1) is 0 Å². The van der Waals surface area contributed by atoms with Crippen LogP contribution in [0.3, 0.4) is 0 Å². The molecule has 2 aromatic rings. The van der Waals surface area contributed by atoms with E-state index in [1.54, 1.807) is 0 Å². The van der Waals surface area contributed by atoms with Crippen LogP contribution in [0.4, 0.5) is 0 Å². The standard InChI is InChI=1S/C15H15N3O/c19-15(17-10-11-5-2-1-3-6-11)13-9-12-7-4-8-16-14(12)18-13/h1-3,5-7,9H,4,8,10H2,(H,16,18)(H,17,19). The second-order valence-electron chi connectivity index (χ2n) is 4.53. The topological polar surface area (TPSA) is 57.2 Å². The number of hydrogen-bond acceptors (Lipinski definition) is 2. The van der Waals surface area contributed by atoms with Crippen molar-refractivity contribution in [3.63, 3.8) is 0 Å². The van der Waals surface area contributed by atoms with Crippen molar-refractivity contribution in [2.75, 3.05) is 6.54 Å². The Kier molecular flexibility index (Phi) is 3.14. The predicted molar refractivity (Wildman–Crippen MR) is 73.1 cm³/mol. The van der Waals surface area contributed by atoms with Crippen LogP contribution in [0.25, 0.3) is 6.08 Å². The van der Waals surface area contributed by atoms with E-state index in [1.807, 2.05) is 36.4 Å². The van der Waals surface area contributed by atoms with Crippen LogP contribution >= 0.6 is 0 Å². The maximum absolute atomic E-state index is 12.0. The molecule has 0 aliphatic carbocycles. The minimum absolute atomic E-state index is 0.0955. The monoisotopic (exact) mass is 253 g/mol. The molecule has 0 bridgehead atoms. The molecule has 0 unspecified atom stereocenters. The fraction of sp³-hybridized carbons (Fsp3) is 0.200. The molecule has 0 spiro atoms. The first-order valence-corrected chi connectivity index (χ1v) is 6.39. The van der Waals surface area contributed by atoms with Crippen LogP contribution in [0.15, 0.2) is 41.4 Å². The summed E-state index contributed by atoms with van der Waals surface area (Å²) in [6.45, 7) is 1.32. The molecule has 0 radical (unpaired) electrons. The van der Waals surface area contributed by atoms with Gasteiger partial charge in [-0.3, -0.25) is 9.79 Å². The lowest BCUT2D eigenvalue weighted by Crippen LogP contribution is -2.26. The average Bonchev–Trinajstić information content (AvgIpc) is 2.90. The van der Waals surface area contributed by atoms with Gasteiger partial charge in [-0.25, -0.2) is 0 Å². The number of hydrogen-bond donors (Lipinski definition) is 2. The third kappa shape index (κ3) is 2.57. The predicted octanol–water partition coefficient (Wildman–Crippen LogP) is 0.748. The maximum atomic E-state index is 12.0. The van der Waals surface area contributed by atoms with Crippen molar-refractivity contribution < 1.29 is 4.79 Å². The van der Waals surface area contributed by atoms with Gasteiger partial charge in [-0.05, 0) is 18.1 Å². The number of benzene rings is 1. The second-order valence-corrected chi connectivity index (χ2v) is 4.53. The summed E-state index contributed by atoms with van der Waals surface area (Å²) in [4.78, 5) is 19.4. The van der Waals surface area contributed by atoms with Crippen LogP contribution in [-0.4, -0.2) is 17.4 Å². The summed E-state index contributed by atoms with van der Waals surface area (Å²) in [6.07, 6.45) is 3.04. The molecule has 96 valence electrons. The Morgan fingerprint density at radius 2 is 2.16 bits per heavy atom. The van der Waals surface area contributed by atoms with Gasteiger partial charge in [0.15, 0.2) is 0 Å². The molecule has 4 heteroatoms. The van der Waals surface area contributed by atoms with Gasteiger partial charge in [-0.2, -0.15) is 0 Å². The van der Waals surface area contributed by atoms with Gasteiger partial charge in [-0.1, -0.05) is 36.4 Å². The first-order valence-electron chi connectivity index (χ1n) is 6.39. The summed E-state index contributed by atoms with van der Waals surface area (Å²) in [5.74, 6) is -0.0955. The number of H-pyrrole nitrogens is 1. The zero-order chi connectivity index (χ0) is 13.1. The van der Waals surface area contributed by atoms with E-state index >= 15 is 0 Å². The van der Waals surface area contributed by atoms with Crippen LogP contribution in [0.5, 0.6) is 0 Å². The Balaban J connectivity index is 1.73. The Morgan fingerprint density at radius 3 is 2.95 bits per heavy atom. The summed E-state index contributed by atoms with van der Waals surface area (Å²) < 4.78 is 0. The van der Waals surface area contributed by atoms with Crippen molar-refractivity contribution in [3.05, 3.63) is 58.4 Å². The van der Waals surface area contributed by atoms with Gasteiger partial charge in [-0.15, -0.1) is 0 Å². The van der Waals surface area contributed by atoms with Gasteiger partial charge in [0.1, 0.15) is 11.2 Å². The first kappa shape index (κ1) is 11.7. The van der Waals surface area contributed by atoms with E-state index in [0.29, 0.717) is 12.2 Å². The second kappa shape index (κ2) is 5.10. The molecule has 1 amide bonds. The highest BCUT2D eigenvalue weighted by Gasteiger charge is 2.08. The SMILES string of the molecule is O=C(NCc1ccccc1)c1cc2c([nH]1)=NCCC=2. The van der Waals surface area contributed by atoms with Crippen molar-refractivity contribution in [3.8, 4) is 0 Å². The van der Waals surface area contributed by atoms with E-state index in [4.69, 9.17) is 0 Å². The highest BCUT2D eigenvalue weighted by molar-refractivity contribution is 5.92. The molecule has 1 aromatic heterocycles. The smallest absolute Gasteiger partial charge is 0.268 e. The summed E-state index contributed by atoms with van der Waals surface area (Å²) in [5.41, 5.74) is 2.47. The van der Waals surface area contributed by atoms with E-state index in [9.17, 15) is 4.79 Å². The van der Waals surface area contributed by atoms with Crippen LogP contribution in [0.2, 0.25) is 0 Å². The summed E-state index contributed by atoms with van der Waals surface area (Å²) in [6, 6.07) is 11.7. The number of carbonyl (C=O) groups excluding carboxylic acids is 1. The highest BCUT2D eigenvalue weighted by atomic mass is 16.1. The van der Waals surface area contributed by atoms with E-state index in [0.717, 1.165) is 29.2 Å². The molecule has 19 heavy (non-hydrogen) atoms. The number of aromatic nitrogens is 1. The van der Waals surface area contributed by atoms with E-state index in [1.165, 1.54) is 0 Å². The zero-order valence-electron chi connectivity index (χ0n) is 10.5. The maximum Gasteiger partial charge on any atom is 0.268 e. The van der Waals surface area contributed by atoms with E-state index in [-0.39, 0.29) is 5.91 Å². The summed E-state index contributed by atoms with van der Waals surface area (Å²) in [5, 5.41) is 3.92. The van der Waals surface area contributed by atoms with Crippen molar-refractivity contribution >= 4 is 12.0 Å². The number of fused-ring (bicyclic) bond motifs is 1. The molecule has 1 aromatic carbocycles. The minimum Gasteiger partial charge on any atom is -0.347 e. The van der Waals surface area contributed by atoms with Crippen molar-refractivity contribution in [2.45, 2.75) is 13.0 Å². The summed E-state index contributed by atoms with van der Waals surface area (Å²) in [7, 11) is 0. The Labute approximate surface area is 110 Å². The normalized spacial score (nSPS) is 13.1. The molecule has 1 aliphatic heterocycles. The van der Waals surface area contributed by atoms with Gasteiger partial charge in [0, 0.05) is 18.3 Å². The molecule has 0 saturated heterocycles. The third-order valence-electron chi connectivity index (χ3n) is 3.13. The molecule has 0 saturated carbocycles. The van der Waals surface area contributed by atoms with E-state index < -0.39 is 0 Å². The van der Waals surface area contributed by atoms with Crippen molar-refractivity contribution in [1.82, 2.24) is 10.3 Å². The largest absolute Gasteiger partial charge is 0.347 e. The Bertz CT molecular complexity index is 667. The number of amides is 1. The van der Waals surface area contributed by atoms with Gasteiger partial charge >= 0.3 is 0 Å². The molecule has 4 nitrogen and oxygen atoms in total. The van der Waals surface area contributed by atoms with Crippen LogP contribution in [0.1, 0.15) is 22.5 Å². The van der Waals surface area contributed by atoms with Crippen LogP contribution in [-0.2, 0) is 6.54 Å². The van der Waals surface area contributed by atoms with Gasteiger partial charge in [0.2, 0.25) is 0 Å². The number of nitrogens with one attached hydrogen (secondary N) is 2. The molecular weight excluding hydrogens is 238 g/mol. The molecule has 0 atom stereocenters. The number of rotatable bonds is 3. The number of carbonyl (C=O) groups is 1. The zero-order valence-corrected chi connectivity index (χ0v) is 10.5. The van der Waals surface area contributed by atoms with E-state index in [2.05, 4.69) is 21.4 Å². The lowest BCUT2D eigenvalue weighted by Gasteiger charge is -2.03. The van der Waals surface area contributed by atoms with Crippen LogP contribution in [0, 0.1) is 0 Å². The van der Waals surface area contributed by atoms with Crippen molar-refractivity contribution in [2.24, 2.45) is 4.99 Å². The van der Waals surface area contributed by atoms with Crippen LogP contribution < -0.4 is 16.0 Å².